The van der Waals surface area contributed by atoms with Crippen LogP contribution in [0.25, 0.3) is 22.1 Å². The highest BCUT2D eigenvalue weighted by Gasteiger charge is 2.35. The number of ether oxygens (including phenoxy) is 1. The van der Waals surface area contributed by atoms with Gasteiger partial charge in [-0.1, -0.05) is 60.2 Å². The van der Waals surface area contributed by atoms with Gasteiger partial charge in [0.25, 0.3) is 0 Å². The first-order valence-corrected chi connectivity index (χ1v) is 10.3. The van der Waals surface area contributed by atoms with E-state index in [1.807, 2.05) is 55.5 Å². The SMILES string of the molecule is Cc1ccc2oc(=O)c3c(c2c1)OC(N)=C(C#N)C3c1ccc(-c2ccccc2C)cc1. The standard InChI is InChI=1S/C27H20N2O3/c1-15-7-12-22-20(13-15)25-24(27(30)31-22)23(21(14-28)26(29)32-25)18-10-8-17(9-11-18)19-6-4-3-5-16(19)2/h3-13,23H,29H2,1-2H3. The van der Waals surface area contributed by atoms with Gasteiger partial charge in [0.05, 0.1) is 16.9 Å². The van der Waals surface area contributed by atoms with Crippen LogP contribution in [0.15, 0.2) is 87.4 Å². The Kier molecular flexibility index (Phi) is 4.57. The lowest BCUT2D eigenvalue weighted by atomic mass is 9.83. The summed E-state index contributed by atoms with van der Waals surface area (Å²) in [5.74, 6) is -0.318. The molecule has 0 amide bonds. The van der Waals surface area contributed by atoms with Crippen molar-refractivity contribution < 1.29 is 9.15 Å². The number of hydrogen-bond donors (Lipinski definition) is 1. The molecule has 3 aromatic carbocycles. The van der Waals surface area contributed by atoms with Crippen molar-refractivity contribution in [1.29, 1.82) is 5.26 Å². The van der Waals surface area contributed by atoms with Crippen LogP contribution < -0.4 is 16.1 Å². The van der Waals surface area contributed by atoms with Crippen molar-refractivity contribution in [3.8, 4) is 22.9 Å². The third-order valence-corrected chi connectivity index (χ3v) is 5.92. The minimum absolute atomic E-state index is 0.00128. The molecule has 156 valence electrons. The van der Waals surface area contributed by atoms with E-state index >= 15 is 0 Å². The lowest BCUT2D eigenvalue weighted by Gasteiger charge is -2.26. The van der Waals surface area contributed by atoms with Crippen LogP contribution in [0, 0.1) is 25.2 Å². The zero-order chi connectivity index (χ0) is 22.4. The van der Waals surface area contributed by atoms with E-state index in [4.69, 9.17) is 14.9 Å². The van der Waals surface area contributed by atoms with Gasteiger partial charge in [-0.15, -0.1) is 0 Å². The monoisotopic (exact) mass is 420 g/mol. The van der Waals surface area contributed by atoms with Crippen LogP contribution in [0.3, 0.4) is 0 Å². The molecule has 1 atom stereocenters. The minimum atomic E-state index is -0.671. The van der Waals surface area contributed by atoms with Gasteiger partial charge in [0.15, 0.2) is 5.75 Å². The molecule has 32 heavy (non-hydrogen) atoms. The highest BCUT2D eigenvalue weighted by atomic mass is 16.5. The van der Waals surface area contributed by atoms with Gasteiger partial charge in [0, 0.05) is 0 Å². The summed E-state index contributed by atoms with van der Waals surface area (Å²) in [5.41, 5.74) is 11.6. The summed E-state index contributed by atoms with van der Waals surface area (Å²) in [4.78, 5) is 13.0. The number of nitriles is 1. The molecule has 0 bridgehead atoms. The predicted molar refractivity (Wildman–Crippen MR) is 123 cm³/mol. The van der Waals surface area contributed by atoms with E-state index < -0.39 is 11.5 Å². The Hall–Kier alpha value is -4.30. The first-order chi connectivity index (χ1) is 15.5. The van der Waals surface area contributed by atoms with E-state index in [1.165, 1.54) is 5.56 Å². The summed E-state index contributed by atoms with van der Waals surface area (Å²) in [7, 11) is 0. The Morgan fingerprint density at radius 2 is 1.75 bits per heavy atom. The molecular weight excluding hydrogens is 400 g/mol. The number of fused-ring (bicyclic) bond motifs is 3. The van der Waals surface area contributed by atoms with Crippen LogP contribution in [0.5, 0.6) is 5.75 Å². The van der Waals surface area contributed by atoms with Crippen LogP contribution in [0.4, 0.5) is 0 Å². The van der Waals surface area contributed by atoms with Crippen molar-refractivity contribution >= 4 is 11.0 Å². The highest BCUT2D eigenvalue weighted by Crippen LogP contribution is 2.44. The third-order valence-electron chi connectivity index (χ3n) is 5.92. The van der Waals surface area contributed by atoms with Gasteiger partial charge in [-0.25, -0.2) is 4.79 Å². The third kappa shape index (κ3) is 3.05. The van der Waals surface area contributed by atoms with Crippen LogP contribution in [0.2, 0.25) is 0 Å². The number of allylic oxidation sites excluding steroid dienone is 1. The molecule has 0 saturated heterocycles. The molecule has 2 N–H and O–H groups in total. The molecule has 4 aromatic rings. The van der Waals surface area contributed by atoms with Gasteiger partial charge >= 0.3 is 5.63 Å². The molecule has 0 fully saturated rings. The molecule has 0 radical (unpaired) electrons. The summed E-state index contributed by atoms with van der Waals surface area (Å²) in [5, 5.41) is 10.5. The van der Waals surface area contributed by atoms with Crippen molar-refractivity contribution in [1.82, 2.24) is 0 Å². The maximum absolute atomic E-state index is 13.0. The first-order valence-electron chi connectivity index (χ1n) is 10.3. The summed E-state index contributed by atoms with van der Waals surface area (Å²) in [6, 6.07) is 23.6. The van der Waals surface area contributed by atoms with Crippen molar-refractivity contribution in [3.63, 3.8) is 0 Å². The zero-order valence-corrected chi connectivity index (χ0v) is 17.7. The molecule has 0 aliphatic carbocycles. The molecule has 1 aromatic heterocycles. The molecule has 5 heteroatoms. The molecular formula is C27H20N2O3. The smallest absolute Gasteiger partial charge is 0.344 e. The van der Waals surface area contributed by atoms with Crippen LogP contribution in [0.1, 0.15) is 28.2 Å². The molecule has 0 saturated carbocycles. The summed E-state index contributed by atoms with van der Waals surface area (Å²) in [6.45, 7) is 4.01. The van der Waals surface area contributed by atoms with Crippen molar-refractivity contribution in [2.75, 3.05) is 0 Å². The van der Waals surface area contributed by atoms with Gasteiger partial charge < -0.3 is 14.9 Å². The average Bonchev–Trinajstić information content (AvgIpc) is 2.79. The maximum atomic E-state index is 13.0. The van der Waals surface area contributed by atoms with Gasteiger partial charge in [-0.2, -0.15) is 5.26 Å². The predicted octanol–water partition coefficient (Wildman–Crippen LogP) is 5.30. The van der Waals surface area contributed by atoms with E-state index in [9.17, 15) is 10.1 Å². The van der Waals surface area contributed by atoms with Gasteiger partial charge in [0.2, 0.25) is 5.88 Å². The fourth-order valence-corrected chi connectivity index (χ4v) is 4.32. The fraction of sp³-hybridized carbons (Fsp3) is 0.111. The summed E-state index contributed by atoms with van der Waals surface area (Å²) < 4.78 is 11.4. The lowest BCUT2D eigenvalue weighted by Crippen LogP contribution is -2.26. The number of aryl methyl sites for hydroxylation is 2. The molecule has 5 rings (SSSR count). The Morgan fingerprint density at radius 1 is 1.00 bits per heavy atom. The van der Waals surface area contributed by atoms with Crippen molar-refractivity contribution in [2.45, 2.75) is 19.8 Å². The Bertz CT molecular complexity index is 1510. The number of benzene rings is 3. The fourth-order valence-electron chi connectivity index (χ4n) is 4.32. The second-order valence-corrected chi connectivity index (χ2v) is 7.99. The number of nitrogens with zero attached hydrogens (tertiary/aromatic N) is 1. The minimum Gasteiger partial charge on any atom is -0.439 e. The Balaban J connectivity index is 1.72. The molecule has 0 spiro atoms. The van der Waals surface area contributed by atoms with Crippen LogP contribution in [-0.2, 0) is 0 Å². The second-order valence-electron chi connectivity index (χ2n) is 7.99. The van der Waals surface area contributed by atoms with Crippen molar-refractivity contribution in [2.24, 2.45) is 5.73 Å². The van der Waals surface area contributed by atoms with E-state index in [1.54, 1.807) is 6.07 Å². The molecule has 1 aliphatic rings. The largest absolute Gasteiger partial charge is 0.439 e. The molecule has 1 unspecified atom stereocenters. The van der Waals surface area contributed by atoms with E-state index in [0.717, 1.165) is 22.3 Å². The first kappa shape index (κ1) is 19.7. The van der Waals surface area contributed by atoms with Gasteiger partial charge in [-0.3, -0.25) is 0 Å². The van der Waals surface area contributed by atoms with E-state index in [0.29, 0.717) is 16.7 Å². The van der Waals surface area contributed by atoms with Crippen LogP contribution in [-0.4, -0.2) is 0 Å². The normalized spacial score (nSPS) is 15.2. The van der Waals surface area contributed by atoms with Gasteiger partial charge in [0.1, 0.15) is 17.2 Å². The van der Waals surface area contributed by atoms with Crippen LogP contribution >= 0.6 is 0 Å². The summed E-state index contributed by atoms with van der Waals surface area (Å²) in [6.07, 6.45) is 0. The Morgan fingerprint density at radius 3 is 2.47 bits per heavy atom. The van der Waals surface area contributed by atoms with Gasteiger partial charge in [-0.05, 0) is 48.2 Å². The topological polar surface area (TPSA) is 89.2 Å². The lowest BCUT2D eigenvalue weighted by molar-refractivity contribution is 0.388. The Labute approximate surface area is 185 Å². The van der Waals surface area contributed by atoms with E-state index in [-0.39, 0.29) is 17.0 Å². The highest BCUT2D eigenvalue weighted by molar-refractivity contribution is 5.86. The molecule has 1 aliphatic heterocycles. The maximum Gasteiger partial charge on any atom is 0.344 e. The number of hydrogen-bond acceptors (Lipinski definition) is 5. The van der Waals surface area contributed by atoms with E-state index in [2.05, 4.69) is 25.1 Å². The number of nitrogens with two attached hydrogens (primary N) is 1. The average molecular weight is 420 g/mol. The quantitative estimate of drug-likeness (QED) is 0.445. The summed E-state index contributed by atoms with van der Waals surface area (Å²) >= 11 is 0. The van der Waals surface area contributed by atoms with Crippen molar-refractivity contribution in [3.05, 3.63) is 111 Å². The number of rotatable bonds is 2. The molecule has 2 heterocycles. The second kappa shape index (κ2) is 7.44. The molecule has 5 nitrogen and oxygen atoms in total. The zero-order valence-electron chi connectivity index (χ0n) is 17.7.